The Balaban J connectivity index is 2.48. The molecule has 0 unspecified atom stereocenters. The van der Waals surface area contributed by atoms with Crippen molar-refractivity contribution in [2.45, 2.75) is 19.9 Å². The van der Waals surface area contributed by atoms with E-state index in [1.165, 1.54) is 18.2 Å². The molecule has 0 atom stereocenters. The normalized spacial score (nSPS) is 10.9. The smallest absolute Gasteiger partial charge is 0.323 e. The van der Waals surface area contributed by atoms with E-state index >= 15 is 0 Å². The molecule has 0 bridgehead atoms. The van der Waals surface area contributed by atoms with Gasteiger partial charge in [0.05, 0.1) is 10.4 Å². The number of H-pyrrole nitrogens is 1. The molecule has 1 amide bonds. The van der Waals surface area contributed by atoms with Gasteiger partial charge >= 0.3 is 5.97 Å². The molecule has 1 heterocycles. The van der Waals surface area contributed by atoms with Gasteiger partial charge in [0.15, 0.2) is 5.69 Å². The van der Waals surface area contributed by atoms with Gasteiger partial charge in [0.25, 0.3) is 11.6 Å². The van der Waals surface area contributed by atoms with Crippen molar-refractivity contribution in [1.82, 2.24) is 15.1 Å². The number of nitro groups is 1. The number of nitro benzene ring substituents is 1. The predicted molar refractivity (Wildman–Crippen MR) is 76.6 cm³/mol. The number of carbonyl (C=O) groups excluding carboxylic acids is 1. The molecule has 9 nitrogen and oxygen atoms in total. The van der Waals surface area contributed by atoms with Crippen LogP contribution in [0.4, 0.5) is 5.69 Å². The molecule has 9 heteroatoms. The summed E-state index contributed by atoms with van der Waals surface area (Å²) < 4.78 is 0. The summed E-state index contributed by atoms with van der Waals surface area (Å²) in [6.45, 7) is 2.88. The number of nitrogens with zero attached hydrogens (tertiary/aromatic N) is 3. The maximum atomic E-state index is 12.5. The Morgan fingerprint density at radius 2 is 2.14 bits per heavy atom. The van der Waals surface area contributed by atoms with E-state index in [-0.39, 0.29) is 22.8 Å². The Hall–Kier alpha value is -2.97. The number of hydrogen-bond acceptors (Lipinski definition) is 5. The van der Waals surface area contributed by atoms with E-state index in [0.29, 0.717) is 5.52 Å². The van der Waals surface area contributed by atoms with Gasteiger partial charge < -0.3 is 10.0 Å². The van der Waals surface area contributed by atoms with Crippen LogP contribution in [0.5, 0.6) is 0 Å². The summed E-state index contributed by atoms with van der Waals surface area (Å²) in [6, 6.07) is 3.64. The number of aliphatic carboxylic acids is 1. The molecule has 0 saturated carbocycles. The van der Waals surface area contributed by atoms with Crippen molar-refractivity contribution in [2.75, 3.05) is 6.54 Å². The fourth-order valence-electron chi connectivity index (χ4n) is 2.05. The van der Waals surface area contributed by atoms with Gasteiger partial charge in [-0.1, -0.05) is 0 Å². The van der Waals surface area contributed by atoms with Crippen LogP contribution in [0, 0.1) is 10.1 Å². The number of benzene rings is 1. The van der Waals surface area contributed by atoms with Crippen molar-refractivity contribution >= 4 is 28.5 Å². The van der Waals surface area contributed by atoms with Gasteiger partial charge in [-0.2, -0.15) is 5.10 Å². The molecule has 22 heavy (non-hydrogen) atoms. The first kappa shape index (κ1) is 15.4. The Labute approximate surface area is 124 Å². The Morgan fingerprint density at radius 3 is 2.68 bits per heavy atom. The molecule has 0 fully saturated rings. The number of aromatic amines is 1. The monoisotopic (exact) mass is 306 g/mol. The molecular formula is C13H14N4O5. The van der Waals surface area contributed by atoms with E-state index in [4.69, 9.17) is 5.11 Å². The highest BCUT2D eigenvalue weighted by molar-refractivity contribution is 6.06. The van der Waals surface area contributed by atoms with Crippen molar-refractivity contribution in [3.63, 3.8) is 0 Å². The summed E-state index contributed by atoms with van der Waals surface area (Å²) >= 11 is 0. The molecule has 0 radical (unpaired) electrons. The van der Waals surface area contributed by atoms with E-state index < -0.39 is 23.3 Å². The second kappa shape index (κ2) is 5.80. The second-order valence-electron chi connectivity index (χ2n) is 4.98. The van der Waals surface area contributed by atoms with Crippen LogP contribution in [0.25, 0.3) is 10.9 Å². The number of rotatable bonds is 5. The van der Waals surface area contributed by atoms with E-state index in [9.17, 15) is 19.7 Å². The third-order valence-electron chi connectivity index (χ3n) is 3.15. The Bertz CT molecular complexity index is 752. The lowest BCUT2D eigenvalue weighted by molar-refractivity contribution is -0.384. The standard InChI is InChI=1S/C13H14N4O5/c1-7(2)16(6-11(18)19)13(20)12-9-5-8(17(21)22)3-4-10(9)14-15-12/h3-5,7H,6H2,1-2H3,(H,14,15)(H,18,19). The molecule has 0 aliphatic rings. The first-order chi connectivity index (χ1) is 10.3. The predicted octanol–water partition coefficient (Wildman–Crippen LogP) is 1.41. The largest absolute Gasteiger partial charge is 0.480 e. The van der Waals surface area contributed by atoms with Crippen LogP contribution in [0.2, 0.25) is 0 Å². The van der Waals surface area contributed by atoms with Crippen molar-refractivity contribution in [3.05, 3.63) is 34.0 Å². The van der Waals surface area contributed by atoms with Crippen molar-refractivity contribution in [3.8, 4) is 0 Å². The number of aromatic nitrogens is 2. The number of hydrogen-bond donors (Lipinski definition) is 2. The third-order valence-corrected chi connectivity index (χ3v) is 3.15. The summed E-state index contributed by atoms with van der Waals surface area (Å²) in [5.74, 6) is -1.74. The number of fused-ring (bicyclic) bond motifs is 1. The molecule has 2 rings (SSSR count). The average Bonchev–Trinajstić information content (AvgIpc) is 2.86. The lowest BCUT2D eigenvalue weighted by Crippen LogP contribution is -2.40. The molecule has 0 aliphatic heterocycles. The lowest BCUT2D eigenvalue weighted by Gasteiger charge is -2.23. The summed E-state index contributed by atoms with van der Waals surface area (Å²) in [4.78, 5) is 34.8. The minimum atomic E-state index is -1.15. The molecule has 1 aromatic carbocycles. The van der Waals surface area contributed by atoms with Gasteiger partial charge in [0, 0.05) is 23.6 Å². The number of nitrogens with one attached hydrogen (secondary N) is 1. The molecule has 0 aliphatic carbocycles. The highest BCUT2D eigenvalue weighted by Gasteiger charge is 2.25. The van der Waals surface area contributed by atoms with Crippen LogP contribution in [0.15, 0.2) is 18.2 Å². The van der Waals surface area contributed by atoms with Gasteiger partial charge in [-0.05, 0) is 19.9 Å². The van der Waals surface area contributed by atoms with Gasteiger partial charge in [-0.15, -0.1) is 0 Å². The van der Waals surface area contributed by atoms with Gasteiger partial charge in [0.2, 0.25) is 0 Å². The van der Waals surface area contributed by atoms with Crippen LogP contribution in [0.3, 0.4) is 0 Å². The average molecular weight is 306 g/mol. The number of non-ortho nitro benzene ring substituents is 1. The van der Waals surface area contributed by atoms with E-state index in [1.54, 1.807) is 13.8 Å². The zero-order valence-electron chi connectivity index (χ0n) is 11.9. The first-order valence-corrected chi connectivity index (χ1v) is 6.46. The van der Waals surface area contributed by atoms with Crippen LogP contribution in [0.1, 0.15) is 24.3 Å². The van der Waals surface area contributed by atoms with Gasteiger partial charge in [-0.25, -0.2) is 0 Å². The van der Waals surface area contributed by atoms with Gasteiger partial charge in [-0.3, -0.25) is 24.8 Å². The molecule has 2 aromatic rings. The molecule has 1 aromatic heterocycles. The van der Waals surface area contributed by atoms with Crippen LogP contribution in [-0.2, 0) is 4.79 Å². The van der Waals surface area contributed by atoms with Crippen LogP contribution >= 0.6 is 0 Å². The van der Waals surface area contributed by atoms with Crippen molar-refractivity contribution < 1.29 is 19.6 Å². The Kier molecular flexibility index (Phi) is 4.06. The summed E-state index contributed by atoms with van der Waals surface area (Å²) in [6.07, 6.45) is 0. The Morgan fingerprint density at radius 1 is 1.45 bits per heavy atom. The van der Waals surface area contributed by atoms with E-state index in [0.717, 1.165) is 4.90 Å². The minimum Gasteiger partial charge on any atom is -0.480 e. The van der Waals surface area contributed by atoms with Gasteiger partial charge in [0.1, 0.15) is 6.54 Å². The van der Waals surface area contributed by atoms with Crippen LogP contribution < -0.4 is 0 Å². The highest BCUT2D eigenvalue weighted by atomic mass is 16.6. The SMILES string of the molecule is CC(C)N(CC(=O)O)C(=O)c1n[nH]c2ccc([N+](=O)[O-])cc12. The zero-order chi connectivity index (χ0) is 16.4. The van der Waals surface area contributed by atoms with E-state index in [2.05, 4.69) is 10.2 Å². The molecule has 2 N–H and O–H groups in total. The fourth-order valence-corrected chi connectivity index (χ4v) is 2.05. The first-order valence-electron chi connectivity index (χ1n) is 6.46. The topological polar surface area (TPSA) is 129 Å². The summed E-state index contributed by atoms with van der Waals surface area (Å²) in [5.41, 5.74) is 0.263. The minimum absolute atomic E-state index is 0.0337. The maximum Gasteiger partial charge on any atom is 0.323 e. The molecular weight excluding hydrogens is 292 g/mol. The number of amides is 1. The number of carbonyl (C=O) groups is 2. The fraction of sp³-hybridized carbons (Fsp3) is 0.308. The number of carboxylic acids is 1. The maximum absolute atomic E-state index is 12.5. The van der Waals surface area contributed by atoms with Crippen LogP contribution in [-0.4, -0.2) is 49.6 Å². The number of carboxylic acid groups (broad SMARTS) is 1. The highest BCUT2D eigenvalue weighted by Crippen LogP contribution is 2.23. The molecule has 0 saturated heterocycles. The third kappa shape index (κ3) is 2.87. The van der Waals surface area contributed by atoms with Crippen molar-refractivity contribution in [2.24, 2.45) is 0 Å². The second-order valence-corrected chi connectivity index (χ2v) is 4.98. The molecule has 116 valence electrons. The summed E-state index contributed by atoms with van der Waals surface area (Å²) in [7, 11) is 0. The van der Waals surface area contributed by atoms with E-state index in [1.807, 2.05) is 0 Å². The lowest BCUT2D eigenvalue weighted by atomic mass is 10.1. The quantitative estimate of drug-likeness (QED) is 0.634. The summed E-state index contributed by atoms with van der Waals surface area (Å²) in [5, 5.41) is 26.5. The molecule has 0 spiro atoms. The van der Waals surface area contributed by atoms with Crippen molar-refractivity contribution in [1.29, 1.82) is 0 Å². The zero-order valence-corrected chi connectivity index (χ0v) is 11.9.